The molecule has 0 spiro atoms. The second kappa shape index (κ2) is 4.60. The normalized spacial score (nSPS) is 26.5. The minimum absolute atomic E-state index is 0.158. The number of carbonyl (C=O) groups excluding carboxylic acids is 1. The topological polar surface area (TPSA) is 26.3 Å². The van der Waals surface area contributed by atoms with Gasteiger partial charge in [0, 0.05) is 5.92 Å². The van der Waals surface area contributed by atoms with Crippen molar-refractivity contribution in [2.24, 2.45) is 11.3 Å². The van der Waals surface area contributed by atoms with E-state index in [1.807, 2.05) is 25.1 Å². The Hall–Kier alpha value is -1.57. The number of allylic oxidation sites excluding steroid dienone is 1. The molecule has 2 atom stereocenters. The average molecular weight is 244 g/mol. The maximum Gasteiger partial charge on any atom is 0.134 e. The summed E-state index contributed by atoms with van der Waals surface area (Å²) in [6.07, 6.45) is 3.02. The summed E-state index contributed by atoms with van der Waals surface area (Å²) < 4.78 is 5.46. The third kappa shape index (κ3) is 1.76. The van der Waals surface area contributed by atoms with Crippen LogP contribution in [0, 0.1) is 11.3 Å². The summed E-state index contributed by atoms with van der Waals surface area (Å²) in [6.45, 7) is 6.28. The summed E-state index contributed by atoms with van der Waals surface area (Å²) in [6, 6.07) is 8.24. The Morgan fingerprint density at radius 3 is 2.56 bits per heavy atom. The van der Waals surface area contributed by atoms with Gasteiger partial charge in [-0.15, -0.1) is 0 Å². The highest BCUT2D eigenvalue weighted by Crippen LogP contribution is 2.50. The molecule has 2 heteroatoms. The molecule has 0 aromatic heterocycles. The van der Waals surface area contributed by atoms with Crippen molar-refractivity contribution in [3.05, 3.63) is 41.2 Å². The average Bonchev–Trinajstić information content (AvgIpc) is 2.37. The van der Waals surface area contributed by atoms with E-state index in [0.717, 1.165) is 17.6 Å². The Kier molecular flexibility index (Phi) is 3.29. The zero-order valence-corrected chi connectivity index (χ0v) is 11.4. The van der Waals surface area contributed by atoms with Crippen molar-refractivity contribution in [2.75, 3.05) is 7.11 Å². The summed E-state index contributed by atoms with van der Waals surface area (Å²) in [5.74, 6) is 1.29. The number of methoxy groups -OCH3 is 1. The molecule has 2 nitrogen and oxygen atoms in total. The Bertz CT molecular complexity index is 488. The third-order valence-corrected chi connectivity index (χ3v) is 3.93. The van der Waals surface area contributed by atoms with Gasteiger partial charge in [-0.2, -0.15) is 0 Å². The Balaban J connectivity index is 2.68. The molecule has 0 saturated carbocycles. The van der Waals surface area contributed by atoms with Crippen molar-refractivity contribution in [1.82, 2.24) is 0 Å². The number of hydrogen-bond donors (Lipinski definition) is 0. The lowest BCUT2D eigenvalue weighted by atomic mass is 9.64. The van der Waals surface area contributed by atoms with E-state index in [4.69, 9.17) is 4.74 Å². The lowest BCUT2D eigenvalue weighted by Gasteiger charge is -2.40. The number of carbonyl (C=O) groups is 1. The fourth-order valence-electron chi connectivity index (χ4n) is 3.16. The lowest BCUT2D eigenvalue weighted by Crippen LogP contribution is -2.36. The van der Waals surface area contributed by atoms with Gasteiger partial charge in [-0.3, -0.25) is 0 Å². The predicted octanol–water partition coefficient (Wildman–Crippen LogP) is 3.63. The molecule has 0 unspecified atom stereocenters. The molecule has 0 fully saturated rings. The van der Waals surface area contributed by atoms with E-state index in [1.165, 1.54) is 5.56 Å². The molecule has 0 aliphatic heterocycles. The zero-order chi connectivity index (χ0) is 13.3. The van der Waals surface area contributed by atoms with Crippen LogP contribution in [0.5, 0.6) is 0 Å². The van der Waals surface area contributed by atoms with E-state index in [0.29, 0.717) is 5.92 Å². The number of ether oxygens (including phenoxy) is 1. The lowest BCUT2D eigenvalue weighted by molar-refractivity contribution is -0.117. The highest BCUT2D eigenvalue weighted by atomic mass is 16.5. The highest BCUT2D eigenvalue weighted by molar-refractivity contribution is 5.75. The van der Waals surface area contributed by atoms with Crippen LogP contribution >= 0.6 is 0 Å². The van der Waals surface area contributed by atoms with Gasteiger partial charge >= 0.3 is 0 Å². The van der Waals surface area contributed by atoms with Crippen LogP contribution in [0.3, 0.4) is 0 Å². The molecule has 18 heavy (non-hydrogen) atoms. The van der Waals surface area contributed by atoms with Crippen molar-refractivity contribution in [1.29, 1.82) is 0 Å². The van der Waals surface area contributed by atoms with Crippen LogP contribution in [0.4, 0.5) is 0 Å². The first-order chi connectivity index (χ1) is 8.54. The minimum atomic E-state index is -0.572. The molecule has 0 N–H and O–H groups in total. The van der Waals surface area contributed by atoms with Gasteiger partial charge < -0.3 is 9.53 Å². The molecule has 0 radical (unpaired) electrons. The van der Waals surface area contributed by atoms with Crippen LogP contribution in [-0.4, -0.2) is 13.4 Å². The zero-order valence-electron chi connectivity index (χ0n) is 11.4. The van der Waals surface area contributed by atoms with E-state index in [-0.39, 0.29) is 5.92 Å². The quantitative estimate of drug-likeness (QED) is 0.759. The van der Waals surface area contributed by atoms with E-state index < -0.39 is 5.41 Å². The molecular formula is C16H20O2. The molecule has 96 valence electrons. The van der Waals surface area contributed by atoms with Crippen LogP contribution in [0.1, 0.15) is 37.8 Å². The Morgan fingerprint density at radius 2 is 2.00 bits per heavy atom. The number of benzene rings is 1. The number of aldehydes is 1. The van der Waals surface area contributed by atoms with Crippen LogP contribution in [0.2, 0.25) is 0 Å². The molecule has 1 aliphatic rings. The van der Waals surface area contributed by atoms with Crippen LogP contribution in [0.15, 0.2) is 30.0 Å². The fourth-order valence-corrected chi connectivity index (χ4v) is 3.16. The fraction of sp³-hybridized carbons (Fsp3) is 0.438. The largest absolute Gasteiger partial charge is 0.500 e. The minimum Gasteiger partial charge on any atom is -0.500 e. The second-order valence-electron chi connectivity index (χ2n) is 5.46. The van der Waals surface area contributed by atoms with Gasteiger partial charge in [-0.1, -0.05) is 38.1 Å². The summed E-state index contributed by atoms with van der Waals surface area (Å²) in [5.41, 5.74) is 1.83. The van der Waals surface area contributed by atoms with Crippen molar-refractivity contribution in [2.45, 2.75) is 26.7 Å². The third-order valence-electron chi connectivity index (χ3n) is 3.93. The van der Waals surface area contributed by atoms with Crippen LogP contribution in [0.25, 0.3) is 6.08 Å². The maximum atomic E-state index is 11.7. The molecule has 0 saturated heterocycles. The standard InChI is InChI=1S/C16H20O2/c1-11(2)15-13-8-6-5-7-12(13)9-14(18-4)16(15,3)10-17/h5-11,15H,1-4H3/t15-,16+/m0/s1. The molecule has 2 rings (SSSR count). The molecule has 0 heterocycles. The van der Waals surface area contributed by atoms with Gasteiger partial charge in [0.1, 0.15) is 12.0 Å². The number of hydrogen-bond acceptors (Lipinski definition) is 2. The second-order valence-corrected chi connectivity index (χ2v) is 5.46. The molecule has 1 aliphatic carbocycles. The van der Waals surface area contributed by atoms with Gasteiger partial charge in [-0.05, 0) is 30.0 Å². The van der Waals surface area contributed by atoms with Gasteiger partial charge in [0.15, 0.2) is 0 Å². The summed E-state index contributed by atoms with van der Waals surface area (Å²) >= 11 is 0. The maximum absolute atomic E-state index is 11.7. The first-order valence-electron chi connectivity index (χ1n) is 6.36. The van der Waals surface area contributed by atoms with E-state index in [1.54, 1.807) is 7.11 Å². The molecule has 0 amide bonds. The van der Waals surface area contributed by atoms with E-state index in [2.05, 4.69) is 26.0 Å². The Labute approximate surface area is 109 Å². The first kappa shape index (κ1) is 12.9. The molecule has 0 bridgehead atoms. The van der Waals surface area contributed by atoms with Crippen LogP contribution in [-0.2, 0) is 9.53 Å². The first-order valence-corrected chi connectivity index (χ1v) is 6.36. The monoisotopic (exact) mass is 244 g/mol. The number of fused-ring (bicyclic) bond motifs is 1. The summed E-state index contributed by atoms with van der Waals surface area (Å²) in [4.78, 5) is 11.7. The smallest absolute Gasteiger partial charge is 0.134 e. The van der Waals surface area contributed by atoms with Gasteiger partial charge in [0.2, 0.25) is 0 Å². The SMILES string of the molecule is COC1=Cc2ccccc2[C@H](C(C)C)[C@]1(C)C=O. The molecular weight excluding hydrogens is 224 g/mol. The molecule has 1 aromatic rings. The number of rotatable bonds is 3. The predicted molar refractivity (Wildman–Crippen MR) is 73.2 cm³/mol. The van der Waals surface area contributed by atoms with E-state index >= 15 is 0 Å². The Morgan fingerprint density at radius 1 is 1.33 bits per heavy atom. The summed E-state index contributed by atoms with van der Waals surface area (Å²) in [7, 11) is 1.64. The van der Waals surface area contributed by atoms with Gasteiger partial charge in [-0.25, -0.2) is 0 Å². The van der Waals surface area contributed by atoms with Crippen molar-refractivity contribution in [3.8, 4) is 0 Å². The van der Waals surface area contributed by atoms with Crippen LogP contribution < -0.4 is 0 Å². The highest BCUT2D eigenvalue weighted by Gasteiger charge is 2.44. The van der Waals surface area contributed by atoms with E-state index in [9.17, 15) is 4.79 Å². The van der Waals surface area contributed by atoms with Gasteiger partial charge in [0.25, 0.3) is 0 Å². The van der Waals surface area contributed by atoms with Crippen molar-refractivity contribution >= 4 is 12.4 Å². The molecule has 1 aromatic carbocycles. The summed E-state index contributed by atoms with van der Waals surface area (Å²) in [5, 5.41) is 0. The van der Waals surface area contributed by atoms with Crippen molar-refractivity contribution < 1.29 is 9.53 Å². The van der Waals surface area contributed by atoms with Gasteiger partial charge in [0.05, 0.1) is 12.5 Å². The van der Waals surface area contributed by atoms with Crippen molar-refractivity contribution in [3.63, 3.8) is 0 Å².